The lowest BCUT2D eigenvalue weighted by atomic mass is 10.1. The zero-order chi connectivity index (χ0) is 12.1. The number of ether oxygens (including phenoxy) is 1. The molecule has 0 aromatic heterocycles. The second kappa shape index (κ2) is 6.07. The van der Waals surface area contributed by atoms with Gasteiger partial charge < -0.3 is 10.1 Å². The van der Waals surface area contributed by atoms with Gasteiger partial charge in [0.15, 0.2) is 5.78 Å². The zero-order valence-electron chi connectivity index (χ0n) is 9.94. The van der Waals surface area contributed by atoms with Crippen LogP contribution >= 0.6 is 11.8 Å². The summed E-state index contributed by atoms with van der Waals surface area (Å²) in [5.74, 6) is 3.12. The molecule has 92 valence electrons. The van der Waals surface area contributed by atoms with E-state index >= 15 is 0 Å². The summed E-state index contributed by atoms with van der Waals surface area (Å²) >= 11 is 1.92. The fourth-order valence-electron chi connectivity index (χ4n) is 1.80. The monoisotopic (exact) mass is 251 g/mol. The van der Waals surface area contributed by atoms with Crippen LogP contribution in [0.2, 0.25) is 0 Å². The molecule has 3 nitrogen and oxygen atoms in total. The first kappa shape index (κ1) is 12.5. The third kappa shape index (κ3) is 3.48. The first-order valence-corrected chi connectivity index (χ1v) is 6.97. The van der Waals surface area contributed by atoms with E-state index < -0.39 is 0 Å². The molecule has 1 heterocycles. The van der Waals surface area contributed by atoms with Gasteiger partial charge in [0.05, 0.1) is 6.54 Å². The van der Waals surface area contributed by atoms with E-state index in [0.29, 0.717) is 18.2 Å². The van der Waals surface area contributed by atoms with Gasteiger partial charge in [0, 0.05) is 11.3 Å². The number of hydrogen-bond acceptors (Lipinski definition) is 4. The van der Waals surface area contributed by atoms with Crippen LogP contribution in [0, 0.1) is 0 Å². The van der Waals surface area contributed by atoms with Crippen molar-refractivity contribution in [2.75, 3.05) is 25.1 Å². The molecular weight excluding hydrogens is 234 g/mol. The van der Waals surface area contributed by atoms with Crippen LogP contribution in [-0.2, 0) is 0 Å². The fourth-order valence-corrected chi connectivity index (χ4v) is 2.90. The van der Waals surface area contributed by atoms with E-state index in [4.69, 9.17) is 4.74 Å². The highest BCUT2D eigenvalue weighted by atomic mass is 32.2. The molecule has 1 aromatic rings. The molecule has 0 amide bonds. The lowest BCUT2D eigenvalue weighted by Crippen LogP contribution is -2.19. The van der Waals surface area contributed by atoms with E-state index in [2.05, 4.69) is 5.32 Å². The predicted octanol–water partition coefficient (Wildman–Crippen LogP) is 1.97. The van der Waals surface area contributed by atoms with Crippen molar-refractivity contribution in [1.29, 1.82) is 0 Å². The lowest BCUT2D eigenvalue weighted by molar-refractivity contribution is 0.0993. The molecule has 1 fully saturated rings. The number of benzene rings is 1. The maximum Gasteiger partial charge on any atom is 0.176 e. The summed E-state index contributed by atoms with van der Waals surface area (Å²) in [5, 5.41) is 2.86. The molecule has 0 radical (unpaired) electrons. The average Bonchev–Trinajstić information content (AvgIpc) is 2.82. The highest BCUT2D eigenvalue weighted by Gasteiger charge is 2.17. The van der Waals surface area contributed by atoms with Crippen LogP contribution in [-0.4, -0.2) is 37.0 Å². The summed E-state index contributed by atoms with van der Waals surface area (Å²) < 4.78 is 5.85. The normalized spacial score (nSPS) is 19.2. The third-order valence-electron chi connectivity index (χ3n) is 2.68. The van der Waals surface area contributed by atoms with Gasteiger partial charge >= 0.3 is 0 Å². The molecule has 1 aliphatic rings. The molecule has 17 heavy (non-hydrogen) atoms. The molecule has 2 rings (SSSR count). The van der Waals surface area contributed by atoms with Gasteiger partial charge in [-0.25, -0.2) is 0 Å². The number of likely N-dealkylation sites (N-methyl/N-ethyl adjacent to an activating group) is 1. The van der Waals surface area contributed by atoms with Gasteiger partial charge in [-0.2, -0.15) is 11.8 Å². The van der Waals surface area contributed by atoms with Crippen LogP contribution in [0.5, 0.6) is 5.75 Å². The summed E-state index contributed by atoms with van der Waals surface area (Å²) in [7, 11) is 1.77. The van der Waals surface area contributed by atoms with Crippen LogP contribution in [0.1, 0.15) is 16.8 Å². The fraction of sp³-hybridized carbons (Fsp3) is 0.462. The lowest BCUT2D eigenvalue weighted by Gasteiger charge is -2.13. The van der Waals surface area contributed by atoms with Gasteiger partial charge in [0.1, 0.15) is 11.9 Å². The van der Waals surface area contributed by atoms with Gasteiger partial charge in [-0.05, 0) is 31.4 Å². The van der Waals surface area contributed by atoms with Crippen LogP contribution in [0.4, 0.5) is 0 Å². The van der Waals surface area contributed by atoms with Crippen molar-refractivity contribution < 1.29 is 9.53 Å². The number of Topliss-reactive ketones (excluding diaryl/α,β-unsaturated/α-hetero) is 1. The summed E-state index contributed by atoms with van der Waals surface area (Å²) in [6.45, 7) is 0.364. The average molecular weight is 251 g/mol. The second-order valence-electron chi connectivity index (χ2n) is 4.08. The Labute approximate surface area is 106 Å². The van der Waals surface area contributed by atoms with E-state index in [1.165, 1.54) is 5.75 Å². The molecule has 1 aromatic carbocycles. The maximum absolute atomic E-state index is 11.7. The zero-order valence-corrected chi connectivity index (χ0v) is 10.8. The minimum atomic E-state index is 0.0961. The molecule has 4 heteroatoms. The molecule has 1 atom stereocenters. The second-order valence-corrected chi connectivity index (χ2v) is 5.23. The molecule has 1 saturated heterocycles. The van der Waals surface area contributed by atoms with E-state index in [-0.39, 0.29) is 5.78 Å². The molecule has 0 spiro atoms. The van der Waals surface area contributed by atoms with Gasteiger partial charge in [0.25, 0.3) is 0 Å². The van der Waals surface area contributed by atoms with Gasteiger partial charge in [0.2, 0.25) is 0 Å². The quantitative estimate of drug-likeness (QED) is 0.812. The summed E-state index contributed by atoms with van der Waals surface area (Å²) in [6, 6.07) is 7.46. The van der Waals surface area contributed by atoms with Gasteiger partial charge in [-0.15, -0.1) is 0 Å². The number of carbonyl (C=O) groups is 1. The molecule has 0 bridgehead atoms. The Kier molecular flexibility index (Phi) is 4.45. The highest BCUT2D eigenvalue weighted by molar-refractivity contribution is 7.99. The van der Waals surface area contributed by atoms with Crippen LogP contribution in [0.25, 0.3) is 0 Å². The SMILES string of the molecule is CNCC(=O)c1cccc(OC2CCSC2)c1. The Morgan fingerprint density at radius 3 is 3.18 bits per heavy atom. The largest absolute Gasteiger partial charge is 0.490 e. The van der Waals surface area contributed by atoms with E-state index in [1.54, 1.807) is 7.05 Å². The Bertz CT molecular complexity index is 389. The topological polar surface area (TPSA) is 38.3 Å². The van der Waals surface area contributed by atoms with E-state index in [0.717, 1.165) is 17.9 Å². The highest BCUT2D eigenvalue weighted by Crippen LogP contribution is 2.23. The van der Waals surface area contributed by atoms with Crippen LogP contribution in [0.15, 0.2) is 24.3 Å². The van der Waals surface area contributed by atoms with Crippen LogP contribution in [0.3, 0.4) is 0 Å². The number of hydrogen-bond donors (Lipinski definition) is 1. The first-order chi connectivity index (χ1) is 8.29. The molecule has 1 N–H and O–H groups in total. The minimum Gasteiger partial charge on any atom is -0.490 e. The number of ketones is 1. The Morgan fingerprint density at radius 2 is 2.47 bits per heavy atom. The molecular formula is C13H17NO2S. The van der Waals surface area contributed by atoms with Gasteiger partial charge in [-0.1, -0.05) is 12.1 Å². The molecule has 1 aliphatic heterocycles. The van der Waals surface area contributed by atoms with Gasteiger partial charge in [-0.3, -0.25) is 4.79 Å². The molecule has 1 unspecified atom stereocenters. The van der Waals surface area contributed by atoms with Crippen molar-refractivity contribution >= 4 is 17.5 Å². The van der Waals surface area contributed by atoms with Crippen molar-refractivity contribution in [1.82, 2.24) is 5.32 Å². The molecule has 0 aliphatic carbocycles. The van der Waals surface area contributed by atoms with Crippen molar-refractivity contribution in [2.45, 2.75) is 12.5 Å². The Hall–Kier alpha value is -1.00. The third-order valence-corrected chi connectivity index (χ3v) is 3.82. The van der Waals surface area contributed by atoms with E-state index in [1.807, 2.05) is 36.0 Å². The Balaban J connectivity index is 2.02. The smallest absolute Gasteiger partial charge is 0.176 e. The van der Waals surface area contributed by atoms with Crippen molar-refractivity contribution in [2.24, 2.45) is 0 Å². The predicted molar refractivity (Wildman–Crippen MR) is 71.1 cm³/mol. The maximum atomic E-state index is 11.7. The number of thioether (sulfide) groups is 1. The summed E-state index contributed by atoms with van der Waals surface area (Å²) in [5.41, 5.74) is 0.711. The Morgan fingerprint density at radius 1 is 1.59 bits per heavy atom. The van der Waals surface area contributed by atoms with E-state index in [9.17, 15) is 4.79 Å². The van der Waals surface area contributed by atoms with Crippen molar-refractivity contribution in [3.8, 4) is 5.75 Å². The summed E-state index contributed by atoms with van der Waals surface area (Å²) in [6.07, 6.45) is 1.40. The molecule has 0 saturated carbocycles. The van der Waals surface area contributed by atoms with Crippen LogP contribution < -0.4 is 10.1 Å². The number of carbonyl (C=O) groups excluding carboxylic acids is 1. The standard InChI is InChI=1S/C13H17NO2S/c1-14-8-13(15)10-3-2-4-11(7-10)16-12-5-6-17-9-12/h2-4,7,12,14H,5-6,8-9H2,1H3. The minimum absolute atomic E-state index is 0.0961. The number of nitrogens with one attached hydrogen (secondary N) is 1. The summed E-state index contributed by atoms with van der Waals surface area (Å²) in [4.78, 5) is 11.7. The van der Waals surface area contributed by atoms with Crippen molar-refractivity contribution in [3.63, 3.8) is 0 Å². The van der Waals surface area contributed by atoms with Crippen molar-refractivity contribution in [3.05, 3.63) is 29.8 Å². The number of rotatable bonds is 5. The first-order valence-electron chi connectivity index (χ1n) is 5.82.